The lowest BCUT2D eigenvalue weighted by molar-refractivity contribution is -0.126. The Hall–Kier alpha value is -1.84. The first-order valence-electron chi connectivity index (χ1n) is 7.03. The van der Waals surface area contributed by atoms with Crippen LogP contribution < -0.4 is 11.1 Å². The SMILES string of the molecule is Cc1cc(C)cc(CC(C)NC(=O)[C@@H]2C[C@@H]2C(N)=O)c1. The van der Waals surface area contributed by atoms with Crippen LogP contribution in [0.15, 0.2) is 18.2 Å². The number of hydrogen-bond acceptors (Lipinski definition) is 2. The Balaban J connectivity index is 1.88. The molecule has 1 aliphatic rings. The van der Waals surface area contributed by atoms with E-state index in [0.717, 1.165) is 6.42 Å². The molecule has 1 aromatic carbocycles. The van der Waals surface area contributed by atoms with Crippen LogP contribution in [0.3, 0.4) is 0 Å². The minimum atomic E-state index is -0.368. The van der Waals surface area contributed by atoms with Gasteiger partial charge in [-0.05, 0) is 39.2 Å². The topological polar surface area (TPSA) is 72.2 Å². The number of carbonyl (C=O) groups is 2. The van der Waals surface area contributed by atoms with Gasteiger partial charge >= 0.3 is 0 Å². The van der Waals surface area contributed by atoms with Crippen molar-refractivity contribution >= 4 is 11.8 Å². The minimum absolute atomic E-state index is 0.0503. The first kappa shape index (κ1) is 14.6. The highest BCUT2D eigenvalue weighted by Crippen LogP contribution is 2.38. The summed E-state index contributed by atoms with van der Waals surface area (Å²) in [5.74, 6) is -0.893. The summed E-state index contributed by atoms with van der Waals surface area (Å²) in [5, 5.41) is 2.97. The van der Waals surface area contributed by atoms with Crippen molar-refractivity contribution in [1.29, 1.82) is 0 Å². The van der Waals surface area contributed by atoms with Crippen LogP contribution in [0.5, 0.6) is 0 Å². The van der Waals surface area contributed by atoms with Gasteiger partial charge in [0.1, 0.15) is 0 Å². The maximum Gasteiger partial charge on any atom is 0.224 e. The number of carbonyl (C=O) groups excluding carboxylic acids is 2. The second-order valence-corrected chi connectivity index (χ2v) is 5.96. The van der Waals surface area contributed by atoms with Crippen LogP contribution in [0.1, 0.15) is 30.0 Å². The van der Waals surface area contributed by atoms with Crippen molar-refractivity contribution in [1.82, 2.24) is 5.32 Å². The highest BCUT2D eigenvalue weighted by Gasteiger charge is 2.47. The van der Waals surface area contributed by atoms with Crippen LogP contribution in [-0.4, -0.2) is 17.9 Å². The molecule has 0 bridgehead atoms. The minimum Gasteiger partial charge on any atom is -0.369 e. The molecule has 0 radical (unpaired) electrons. The van der Waals surface area contributed by atoms with Gasteiger partial charge in [0.25, 0.3) is 0 Å². The smallest absolute Gasteiger partial charge is 0.224 e. The maximum atomic E-state index is 11.9. The Bertz CT molecular complexity index is 519. The van der Waals surface area contributed by atoms with Crippen molar-refractivity contribution in [2.45, 2.75) is 39.7 Å². The van der Waals surface area contributed by atoms with E-state index in [2.05, 4.69) is 37.4 Å². The van der Waals surface area contributed by atoms with Crippen LogP contribution >= 0.6 is 0 Å². The number of benzene rings is 1. The molecule has 108 valence electrons. The number of nitrogens with one attached hydrogen (secondary N) is 1. The van der Waals surface area contributed by atoms with Gasteiger partial charge in [-0.1, -0.05) is 29.3 Å². The number of hydrogen-bond donors (Lipinski definition) is 2. The highest BCUT2D eigenvalue weighted by molar-refractivity contribution is 5.91. The molecule has 1 fully saturated rings. The van der Waals surface area contributed by atoms with Crippen molar-refractivity contribution in [3.63, 3.8) is 0 Å². The van der Waals surface area contributed by atoms with E-state index in [1.54, 1.807) is 0 Å². The average Bonchev–Trinajstić information content (AvgIpc) is 3.06. The van der Waals surface area contributed by atoms with E-state index in [4.69, 9.17) is 5.73 Å². The van der Waals surface area contributed by atoms with Gasteiger partial charge in [0.2, 0.25) is 11.8 Å². The Morgan fingerprint density at radius 1 is 1.25 bits per heavy atom. The van der Waals surface area contributed by atoms with Gasteiger partial charge in [-0.15, -0.1) is 0 Å². The third kappa shape index (κ3) is 3.59. The van der Waals surface area contributed by atoms with Crippen LogP contribution in [0.25, 0.3) is 0 Å². The Labute approximate surface area is 119 Å². The van der Waals surface area contributed by atoms with E-state index in [0.29, 0.717) is 6.42 Å². The first-order valence-corrected chi connectivity index (χ1v) is 7.03. The van der Waals surface area contributed by atoms with E-state index in [1.807, 2.05) is 6.92 Å². The molecule has 0 saturated heterocycles. The fourth-order valence-corrected chi connectivity index (χ4v) is 2.74. The van der Waals surface area contributed by atoms with Crippen molar-refractivity contribution in [3.8, 4) is 0 Å². The lowest BCUT2D eigenvalue weighted by Crippen LogP contribution is -2.36. The van der Waals surface area contributed by atoms with E-state index in [-0.39, 0.29) is 29.7 Å². The summed E-state index contributed by atoms with van der Waals surface area (Å²) in [6, 6.07) is 6.46. The number of aryl methyl sites for hydroxylation is 2. The Kier molecular flexibility index (Phi) is 4.12. The molecule has 3 atom stereocenters. The normalized spacial score (nSPS) is 22.1. The Morgan fingerprint density at radius 3 is 2.35 bits per heavy atom. The molecule has 4 nitrogen and oxygen atoms in total. The maximum absolute atomic E-state index is 11.9. The summed E-state index contributed by atoms with van der Waals surface area (Å²) in [6.45, 7) is 6.13. The van der Waals surface area contributed by atoms with Crippen molar-refractivity contribution in [2.24, 2.45) is 17.6 Å². The molecule has 1 aromatic rings. The summed E-state index contributed by atoms with van der Waals surface area (Å²) < 4.78 is 0. The fraction of sp³-hybridized carbons (Fsp3) is 0.500. The summed E-state index contributed by atoms with van der Waals surface area (Å²) in [4.78, 5) is 22.9. The van der Waals surface area contributed by atoms with Crippen molar-refractivity contribution in [3.05, 3.63) is 34.9 Å². The zero-order chi connectivity index (χ0) is 14.9. The predicted octanol–water partition coefficient (Wildman–Crippen LogP) is 1.47. The molecule has 1 unspecified atom stereocenters. The van der Waals surface area contributed by atoms with Gasteiger partial charge < -0.3 is 11.1 Å². The Morgan fingerprint density at radius 2 is 1.85 bits per heavy atom. The molecule has 4 heteroatoms. The van der Waals surface area contributed by atoms with Crippen molar-refractivity contribution < 1.29 is 9.59 Å². The van der Waals surface area contributed by atoms with Gasteiger partial charge in [0.15, 0.2) is 0 Å². The van der Waals surface area contributed by atoms with E-state index < -0.39 is 0 Å². The molecule has 0 heterocycles. The lowest BCUT2D eigenvalue weighted by Gasteiger charge is -2.15. The third-order valence-electron chi connectivity index (χ3n) is 3.70. The molecule has 2 amide bonds. The van der Waals surface area contributed by atoms with Crippen LogP contribution in [-0.2, 0) is 16.0 Å². The summed E-state index contributed by atoms with van der Waals surface area (Å²) in [6.07, 6.45) is 1.39. The number of rotatable bonds is 5. The molecule has 0 aliphatic heterocycles. The molecule has 1 aliphatic carbocycles. The largest absolute Gasteiger partial charge is 0.369 e. The fourth-order valence-electron chi connectivity index (χ4n) is 2.74. The lowest BCUT2D eigenvalue weighted by atomic mass is 10.0. The molecule has 1 saturated carbocycles. The number of amides is 2. The number of primary amides is 1. The quantitative estimate of drug-likeness (QED) is 0.853. The van der Waals surface area contributed by atoms with E-state index >= 15 is 0 Å². The molecule has 0 aromatic heterocycles. The van der Waals surface area contributed by atoms with Gasteiger partial charge in [-0.3, -0.25) is 9.59 Å². The highest BCUT2D eigenvalue weighted by atomic mass is 16.2. The summed E-state index contributed by atoms with van der Waals surface area (Å²) in [7, 11) is 0. The molecule has 20 heavy (non-hydrogen) atoms. The van der Waals surface area contributed by atoms with Gasteiger partial charge in [0, 0.05) is 6.04 Å². The molecular weight excluding hydrogens is 252 g/mol. The second-order valence-electron chi connectivity index (χ2n) is 5.96. The molecule has 2 rings (SSSR count). The third-order valence-corrected chi connectivity index (χ3v) is 3.70. The van der Waals surface area contributed by atoms with Gasteiger partial charge in [-0.25, -0.2) is 0 Å². The predicted molar refractivity (Wildman–Crippen MR) is 78.0 cm³/mol. The molecular formula is C16H22N2O2. The van der Waals surface area contributed by atoms with Crippen LogP contribution in [0, 0.1) is 25.7 Å². The van der Waals surface area contributed by atoms with E-state index in [1.165, 1.54) is 16.7 Å². The van der Waals surface area contributed by atoms with Gasteiger partial charge in [-0.2, -0.15) is 0 Å². The second kappa shape index (κ2) is 5.65. The van der Waals surface area contributed by atoms with Crippen LogP contribution in [0.2, 0.25) is 0 Å². The number of nitrogens with two attached hydrogens (primary N) is 1. The molecule has 3 N–H and O–H groups in total. The zero-order valence-corrected chi connectivity index (χ0v) is 12.3. The summed E-state index contributed by atoms with van der Waals surface area (Å²) >= 11 is 0. The van der Waals surface area contributed by atoms with E-state index in [9.17, 15) is 9.59 Å². The monoisotopic (exact) mass is 274 g/mol. The van der Waals surface area contributed by atoms with Crippen LogP contribution in [0.4, 0.5) is 0 Å². The zero-order valence-electron chi connectivity index (χ0n) is 12.3. The van der Waals surface area contributed by atoms with Gasteiger partial charge in [0.05, 0.1) is 11.8 Å². The average molecular weight is 274 g/mol. The standard InChI is InChI=1S/C16H22N2O2/c1-9-4-10(2)6-12(5-9)7-11(3)18-16(20)14-8-13(14)15(17)19/h4-6,11,13-14H,7-8H2,1-3H3,(H2,17,19)(H,18,20)/t11?,13-,14+/m0/s1. The first-order chi connectivity index (χ1) is 9.36. The molecule has 0 spiro atoms. The summed E-state index contributed by atoms with van der Waals surface area (Å²) in [5.41, 5.74) is 8.88. The van der Waals surface area contributed by atoms with Crippen molar-refractivity contribution in [2.75, 3.05) is 0 Å².